The minimum atomic E-state index is -0.496. The molecule has 0 aliphatic heterocycles. The van der Waals surface area contributed by atoms with Crippen LogP contribution in [0.25, 0.3) is 109 Å². The highest BCUT2D eigenvalue weighted by molar-refractivity contribution is 7.23. The molecule has 3 heteroatoms. The Morgan fingerprint density at radius 3 is 1.96 bits per heavy atom. The number of fused-ring (bicyclic) bond motifs is 9. The van der Waals surface area contributed by atoms with Gasteiger partial charge in [0.1, 0.15) is 0 Å². The Balaban J connectivity index is 1.13. The van der Waals surface area contributed by atoms with E-state index in [9.17, 15) is 4.11 Å². The molecule has 0 unspecified atom stereocenters. The molecule has 12 rings (SSSR count). The minimum absolute atomic E-state index is 0.00453. The molecule has 0 saturated heterocycles. The van der Waals surface area contributed by atoms with Crippen LogP contribution in [0, 0.1) is 0 Å². The summed E-state index contributed by atoms with van der Waals surface area (Å²) in [5.41, 5.74) is 8.04. The van der Waals surface area contributed by atoms with Crippen molar-refractivity contribution in [3.8, 4) is 44.1 Å². The van der Waals surface area contributed by atoms with Crippen LogP contribution in [-0.4, -0.2) is 9.13 Å². The summed E-state index contributed by atoms with van der Waals surface area (Å²) in [5, 5.41) is 7.25. The Labute approximate surface area is 345 Å². The first-order chi connectivity index (χ1) is 31.6. The molecular formula is C54H34N2S. The smallest absolute Gasteiger partial charge is 0.0638 e. The molecule has 3 heterocycles. The summed E-state index contributed by atoms with van der Waals surface area (Å²) in [7, 11) is 0. The summed E-state index contributed by atoms with van der Waals surface area (Å²) in [6, 6.07) is 51.0. The molecule has 0 spiro atoms. The van der Waals surface area contributed by atoms with Crippen molar-refractivity contribution in [2.75, 3.05) is 0 Å². The fraction of sp³-hybridized carbons (Fsp3) is 0. The van der Waals surface area contributed by atoms with Crippen LogP contribution in [0.3, 0.4) is 0 Å². The van der Waals surface area contributed by atoms with Crippen molar-refractivity contribution in [3.05, 3.63) is 206 Å². The van der Waals surface area contributed by atoms with Crippen LogP contribution in [0.1, 0.15) is 11.0 Å². The van der Waals surface area contributed by atoms with E-state index in [1.807, 2.05) is 66.7 Å². The third-order valence-electron chi connectivity index (χ3n) is 11.1. The predicted octanol–water partition coefficient (Wildman–Crippen LogP) is 15.2. The number of rotatable bonds is 5. The van der Waals surface area contributed by atoms with Gasteiger partial charge in [-0.1, -0.05) is 145 Å². The molecule has 0 aliphatic rings. The van der Waals surface area contributed by atoms with Crippen LogP contribution in [0.4, 0.5) is 0 Å². The van der Waals surface area contributed by atoms with Crippen molar-refractivity contribution in [1.82, 2.24) is 9.13 Å². The summed E-state index contributed by atoms with van der Waals surface area (Å²) in [4.78, 5) is 0.355. The van der Waals surface area contributed by atoms with Gasteiger partial charge >= 0.3 is 0 Å². The van der Waals surface area contributed by atoms with Crippen LogP contribution in [-0.2, 0) is 0 Å². The Hall–Kier alpha value is -7.20. The lowest BCUT2D eigenvalue weighted by Gasteiger charge is -2.12. The van der Waals surface area contributed by atoms with E-state index in [1.54, 1.807) is 0 Å². The highest BCUT2D eigenvalue weighted by atomic mass is 32.1. The lowest BCUT2D eigenvalue weighted by molar-refractivity contribution is 1.17. The van der Waals surface area contributed by atoms with Gasteiger partial charge in [-0.2, -0.15) is 0 Å². The van der Waals surface area contributed by atoms with E-state index in [4.69, 9.17) is 6.85 Å². The van der Waals surface area contributed by atoms with Gasteiger partial charge in [-0.25, -0.2) is 0 Å². The topological polar surface area (TPSA) is 9.86 Å². The van der Waals surface area contributed by atoms with E-state index in [0.717, 1.165) is 60.9 Å². The zero-order chi connectivity index (χ0) is 44.4. The minimum Gasteiger partial charge on any atom is -0.309 e. The largest absolute Gasteiger partial charge is 0.309 e. The van der Waals surface area contributed by atoms with Crippen LogP contribution < -0.4 is 0 Å². The highest BCUT2D eigenvalue weighted by Gasteiger charge is 2.21. The van der Waals surface area contributed by atoms with Crippen molar-refractivity contribution < 1.29 is 11.0 Å². The third-order valence-corrected chi connectivity index (χ3v) is 12.2. The lowest BCUT2D eigenvalue weighted by Crippen LogP contribution is -1.96. The standard InChI is InChI=1S/C54H34N2S/c1-4-16-36(17-5-1)52-46-32-39(28-30-51(46)57-54(52)37-18-6-2-7-19-37)38-20-14-23-41(31-38)56-47-26-13-12-25-43(47)44-33-45-50(34-49(44)56)55(40-21-8-3-9-22-40)48-29-27-35-15-10-11-24-42(35)53(45)48/h1-34H/i2D,6D,7D,18D,19D,28D,30D,32D. The molecule has 0 saturated carbocycles. The maximum Gasteiger partial charge on any atom is 0.0638 e. The molecule has 0 aliphatic carbocycles. The zero-order valence-corrected chi connectivity index (χ0v) is 31.1. The van der Waals surface area contributed by atoms with Gasteiger partial charge in [0.05, 0.1) is 33.0 Å². The van der Waals surface area contributed by atoms with Gasteiger partial charge in [-0.15, -0.1) is 11.3 Å². The van der Waals surface area contributed by atoms with Gasteiger partial charge in [-0.05, 0) is 93.6 Å². The fourth-order valence-corrected chi connectivity index (χ4v) is 9.75. The van der Waals surface area contributed by atoms with Gasteiger partial charge in [-0.3, -0.25) is 0 Å². The Kier molecular flexibility index (Phi) is 5.57. The van der Waals surface area contributed by atoms with Gasteiger partial charge in [0.2, 0.25) is 0 Å². The van der Waals surface area contributed by atoms with Gasteiger partial charge < -0.3 is 9.13 Å². The molecular weight excluding hydrogens is 709 g/mol. The second-order valence-electron chi connectivity index (χ2n) is 14.3. The molecule has 0 amide bonds. The van der Waals surface area contributed by atoms with Crippen molar-refractivity contribution in [2.45, 2.75) is 0 Å². The number of benzene rings is 9. The first kappa shape index (κ1) is 25.1. The van der Waals surface area contributed by atoms with Crippen molar-refractivity contribution in [3.63, 3.8) is 0 Å². The number of thiophene rings is 1. The molecule has 12 aromatic rings. The summed E-state index contributed by atoms with van der Waals surface area (Å²) in [6.45, 7) is 0. The second kappa shape index (κ2) is 12.7. The van der Waals surface area contributed by atoms with Gasteiger partial charge in [0.25, 0.3) is 0 Å². The third kappa shape index (κ3) is 4.96. The first-order valence-corrected chi connectivity index (χ1v) is 19.7. The van der Waals surface area contributed by atoms with Crippen LogP contribution >= 0.6 is 11.3 Å². The van der Waals surface area contributed by atoms with E-state index in [-0.39, 0.29) is 41.3 Å². The Bertz CT molecular complexity index is 3950. The predicted molar refractivity (Wildman–Crippen MR) is 244 cm³/mol. The van der Waals surface area contributed by atoms with E-state index in [1.165, 1.54) is 16.2 Å². The van der Waals surface area contributed by atoms with E-state index >= 15 is 0 Å². The highest BCUT2D eigenvalue weighted by Crippen LogP contribution is 2.47. The van der Waals surface area contributed by atoms with Crippen molar-refractivity contribution in [2.24, 2.45) is 0 Å². The normalized spacial score (nSPS) is 13.8. The molecule has 266 valence electrons. The van der Waals surface area contributed by atoms with E-state index < -0.39 is 18.1 Å². The van der Waals surface area contributed by atoms with Crippen molar-refractivity contribution in [1.29, 1.82) is 0 Å². The van der Waals surface area contributed by atoms with E-state index in [0.29, 0.717) is 31.7 Å². The Morgan fingerprint density at radius 2 is 1.11 bits per heavy atom. The lowest BCUT2D eigenvalue weighted by atomic mass is 9.96. The molecule has 0 N–H and O–H groups in total. The average molecular weight is 751 g/mol. The molecule has 3 aromatic heterocycles. The molecule has 2 nitrogen and oxygen atoms in total. The summed E-state index contributed by atoms with van der Waals surface area (Å²) in [5.74, 6) is 0. The van der Waals surface area contributed by atoms with Gasteiger partial charge in [0, 0.05) is 53.4 Å². The van der Waals surface area contributed by atoms with Crippen LogP contribution in [0.15, 0.2) is 206 Å². The summed E-state index contributed by atoms with van der Waals surface area (Å²) < 4.78 is 76.7. The zero-order valence-electron chi connectivity index (χ0n) is 38.3. The number of aromatic nitrogens is 2. The SMILES string of the molecule is [2H]c1c([2H])c([2H])c(-c2sc3c([2H])c([2H])c(-c4cccc(-n5c6ccccc6c6cc7c8c9ccccc9ccc8n(-c8ccccc8)c7cc65)c4)c([2H])c3c2-c2ccccc2)c([2H])c1[2H]. The second-order valence-corrected chi connectivity index (χ2v) is 15.3. The quantitative estimate of drug-likeness (QED) is 0.166. The van der Waals surface area contributed by atoms with E-state index in [2.05, 4.69) is 100 Å². The van der Waals surface area contributed by atoms with Gasteiger partial charge in [0.15, 0.2) is 0 Å². The maximum atomic E-state index is 9.92. The molecule has 0 bridgehead atoms. The molecule has 0 radical (unpaired) electrons. The first-order valence-electron chi connectivity index (χ1n) is 22.9. The van der Waals surface area contributed by atoms with Crippen molar-refractivity contribution >= 4 is 75.8 Å². The maximum absolute atomic E-state index is 9.92. The monoisotopic (exact) mass is 750 g/mol. The summed E-state index contributed by atoms with van der Waals surface area (Å²) in [6.07, 6.45) is 0. The summed E-state index contributed by atoms with van der Waals surface area (Å²) >= 11 is 1.09. The van der Waals surface area contributed by atoms with Crippen LogP contribution in [0.5, 0.6) is 0 Å². The number of nitrogens with zero attached hydrogens (tertiary/aromatic N) is 2. The molecule has 0 atom stereocenters. The number of hydrogen-bond acceptors (Lipinski definition) is 1. The number of para-hydroxylation sites is 2. The molecule has 9 aromatic carbocycles. The molecule has 0 fully saturated rings. The fourth-order valence-electron chi connectivity index (χ4n) is 8.66. The Morgan fingerprint density at radius 1 is 0.404 bits per heavy atom. The molecule has 57 heavy (non-hydrogen) atoms. The van der Waals surface area contributed by atoms with Crippen LogP contribution in [0.2, 0.25) is 0 Å². The number of hydrogen-bond donors (Lipinski definition) is 0. The average Bonchev–Trinajstić information content (AvgIpc) is 4.00.